The minimum atomic E-state index is -0.627. The minimum Gasteiger partial charge on any atom is -0.456 e. The molecule has 0 spiro atoms. The molecule has 0 saturated heterocycles. The Labute approximate surface area is 163 Å². The summed E-state index contributed by atoms with van der Waals surface area (Å²) in [6.45, 7) is 1.64. The molecule has 6 heteroatoms. The van der Waals surface area contributed by atoms with E-state index in [4.69, 9.17) is 4.74 Å². The molecule has 2 rings (SSSR count). The fourth-order valence-electron chi connectivity index (χ4n) is 2.75. The number of ketones is 1. The molecular formula is C22H24FNO4. The van der Waals surface area contributed by atoms with E-state index in [1.807, 2.05) is 37.3 Å². The number of benzene rings is 2. The Morgan fingerprint density at radius 1 is 1.00 bits per heavy atom. The smallest absolute Gasteiger partial charge is 0.306 e. The lowest BCUT2D eigenvalue weighted by Gasteiger charge is -2.18. The van der Waals surface area contributed by atoms with Crippen molar-refractivity contribution < 1.29 is 23.5 Å². The third-order valence-electron chi connectivity index (χ3n) is 4.20. The van der Waals surface area contributed by atoms with E-state index in [2.05, 4.69) is 5.32 Å². The molecule has 0 heterocycles. The first kappa shape index (κ1) is 21.3. The molecule has 2 aromatic carbocycles. The molecule has 0 fully saturated rings. The first-order chi connectivity index (χ1) is 13.5. The van der Waals surface area contributed by atoms with Crippen molar-refractivity contribution in [3.05, 3.63) is 71.5 Å². The van der Waals surface area contributed by atoms with Crippen molar-refractivity contribution in [2.24, 2.45) is 0 Å². The summed E-state index contributed by atoms with van der Waals surface area (Å²) < 4.78 is 17.8. The summed E-state index contributed by atoms with van der Waals surface area (Å²) in [6, 6.07) is 14.6. The van der Waals surface area contributed by atoms with E-state index < -0.39 is 18.4 Å². The van der Waals surface area contributed by atoms with Crippen LogP contribution in [0.4, 0.5) is 4.39 Å². The summed E-state index contributed by atoms with van der Waals surface area (Å²) in [6.07, 6.45) is 1.47. The van der Waals surface area contributed by atoms with Crippen LogP contribution in [0.25, 0.3) is 0 Å². The average molecular weight is 385 g/mol. The van der Waals surface area contributed by atoms with E-state index in [1.54, 1.807) is 0 Å². The molecule has 1 N–H and O–H groups in total. The predicted octanol–water partition coefficient (Wildman–Crippen LogP) is 3.99. The van der Waals surface area contributed by atoms with Gasteiger partial charge < -0.3 is 10.1 Å². The molecule has 0 saturated carbocycles. The van der Waals surface area contributed by atoms with Gasteiger partial charge in [0.2, 0.25) is 0 Å². The van der Waals surface area contributed by atoms with Gasteiger partial charge in [-0.1, -0.05) is 43.7 Å². The van der Waals surface area contributed by atoms with Gasteiger partial charge in [0.1, 0.15) is 5.82 Å². The molecule has 2 aromatic rings. The summed E-state index contributed by atoms with van der Waals surface area (Å²) in [5, 5.41) is 2.87. The zero-order valence-corrected chi connectivity index (χ0v) is 15.8. The van der Waals surface area contributed by atoms with Crippen molar-refractivity contribution in [1.82, 2.24) is 5.32 Å². The van der Waals surface area contributed by atoms with Gasteiger partial charge in [-0.2, -0.15) is 0 Å². The second-order valence-corrected chi connectivity index (χ2v) is 6.41. The highest BCUT2D eigenvalue weighted by Gasteiger charge is 2.16. The molecule has 0 aliphatic rings. The number of carbonyl (C=O) groups is 3. The van der Waals surface area contributed by atoms with Gasteiger partial charge in [-0.05, 0) is 36.2 Å². The van der Waals surface area contributed by atoms with Crippen molar-refractivity contribution in [1.29, 1.82) is 0 Å². The van der Waals surface area contributed by atoms with Crippen LogP contribution in [0.15, 0.2) is 54.6 Å². The maximum absolute atomic E-state index is 12.9. The van der Waals surface area contributed by atoms with Crippen LogP contribution in [-0.2, 0) is 14.3 Å². The molecule has 5 nitrogen and oxygen atoms in total. The summed E-state index contributed by atoms with van der Waals surface area (Å²) in [5.41, 5.74) is 1.33. The van der Waals surface area contributed by atoms with Crippen LogP contribution in [0.3, 0.4) is 0 Å². The van der Waals surface area contributed by atoms with Crippen LogP contribution in [-0.4, -0.2) is 24.3 Å². The zero-order valence-electron chi connectivity index (χ0n) is 15.8. The Morgan fingerprint density at radius 3 is 2.32 bits per heavy atom. The first-order valence-electron chi connectivity index (χ1n) is 9.28. The van der Waals surface area contributed by atoms with Crippen LogP contribution in [0, 0.1) is 5.82 Å². The van der Waals surface area contributed by atoms with Gasteiger partial charge in [-0.25, -0.2) is 4.39 Å². The Kier molecular flexibility index (Phi) is 8.34. The van der Waals surface area contributed by atoms with E-state index >= 15 is 0 Å². The maximum atomic E-state index is 12.9. The van der Waals surface area contributed by atoms with Gasteiger partial charge in [0.15, 0.2) is 12.4 Å². The van der Waals surface area contributed by atoms with Gasteiger partial charge in [0.05, 0.1) is 12.5 Å². The number of Topliss-reactive ketones (excluding diaryl/α,β-unsaturated/α-hetero) is 1. The van der Waals surface area contributed by atoms with Crippen molar-refractivity contribution in [3.8, 4) is 0 Å². The average Bonchev–Trinajstić information content (AvgIpc) is 2.71. The Hall–Kier alpha value is -3.02. The fourth-order valence-corrected chi connectivity index (χ4v) is 2.75. The lowest BCUT2D eigenvalue weighted by Crippen LogP contribution is -2.32. The quantitative estimate of drug-likeness (QED) is 0.496. The Morgan fingerprint density at radius 2 is 1.68 bits per heavy atom. The normalized spacial score (nSPS) is 11.5. The lowest BCUT2D eigenvalue weighted by atomic mass is 10.0. The van der Waals surface area contributed by atoms with Crippen LogP contribution >= 0.6 is 0 Å². The van der Waals surface area contributed by atoms with E-state index in [0.717, 1.165) is 18.4 Å². The summed E-state index contributed by atoms with van der Waals surface area (Å²) in [4.78, 5) is 35.9. The molecule has 0 aliphatic heterocycles. The molecule has 1 atom stereocenters. The highest BCUT2D eigenvalue weighted by Crippen LogP contribution is 2.18. The molecular weight excluding hydrogens is 361 g/mol. The summed E-state index contributed by atoms with van der Waals surface area (Å²) >= 11 is 0. The summed E-state index contributed by atoms with van der Waals surface area (Å²) in [7, 11) is 0. The second kappa shape index (κ2) is 11.0. The third kappa shape index (κ3) is 6.95. The van der Waals surface area contributed by atoms with Crippen LogP contribution in [0.5, 0.6) is 0 Å². The number of amides is 1. The highest BCUT2D eigenvalue weighted by molar-refractivity contribution is 5.97. The molecule has 0 radical (unpaired) electrons. The molecule has 148 valence electrons. The number of rotatable bonds is 10. The Bertz CT molecular complexity index is 790. The molecule has 0 unspecified atom stereocenters. The number of ether oxygens (including phenoxy) is 1. The zero-order chi connectivity index (χ0) is 20.4. The van der Waals surface area contributed by atoms with E-state index in [9.17, 15) is 18.8 Å². The monoisotopic (exact) mass is 385 g/mol. The van der Waals surface area contributed by atoms with Gasteiger partial charge in [-0.3, -0.25) is 14.4 Å². The largest absolute Gasteiger partial charge is 0.456 e. The fraction of sp³-hybridized carbons (Fsp3) is 0.318. The highest BCUT2D eigenvalue weighted by atomic mass is 19.1. The first-order valence-corrected chi connectivity index (χ1v) is 9.28. The number of carbonyl (C=O) groups excluding carboxylic acids is 3. The number of nitrogens with one attached hydrogen (secondary N) is 1. The second-order valence-electron chi connectivity index (χ2n) is 6.41. The molecule has 0 aromatic heterocycles. The number of hydrogen-bond donors (Lipinski definition) is 1. The topological polar surface area (TPSA) is 72.5 Å². The molecule has 0 bridgehead atoms. The van der Waals surface area contributed by atoms with Crippen molar-refractivity contribution in [2.45, 2.75) is 38.6 Å². The van der Waals surface area contributed by atoms with Gasteiger partial charge >= 0.3 is 5.97 Å². The van der Waals surface area contributed by atoms with E-state index in [-0.39, 0.29) is 30.6 Å². The van der Waals surface area contributed by atoms with Crippen molar-refractivity contribution in [2.75, 3.05) is 6.61 Å². The molecule has 1 amide bonds. The summed E-state index contributed by atoms with van der Waals surface area (Å²) in [5.74, 6) is -1.73. The van der Waals surface area contributed by atoms with E-state index in [1.165, 1.54) is 24.3 Å². The number of halogens is 1. The molecule has 28 heavy (non-hydrogen) atoms. The molecule has 0 aliphatic carbocycles. The minimum absolute atomic E-state index is 0.0610. The Balaban J connectivity index is 1.76. The lowest BCUT2D eigenvalue weighted by molar-refractivity contribution is -0.148. The van der Waals surface area contributed by atoms with Gasteiger partial charge in [0.25, 0.3) is 5.91 Å². The van der Waals surface area contributed by atoms with Crippen molar-refractivity contribution >= 4 is 17.7 Å². The van der Waals surface area contributed by atoms with Crippen LogP contribution in [0.2, 0.25) is 0 Å². The maximum Gasteiger partial charge on any atom is 0.306 e. The van der Waals surface area contributed by atoms with Crippen LogP contribution in [0.1, 0.15) is 54.6 Å². The van der Waals surface area contributed by atoms with E-state index in [0.29, 0.717) is 5.56 Å². The standard InChI is InChI=1S/C22H24FNO4/c1-2-6-19(16-7-4-3-5-8-16)24-21(26)15-28-22(27)14-13-20(25)17-9-11-18(23)12-10-17/h3-5,7-12,19H,2,6,13-15H2,1H3,(H,24,26)/t19-/m0/s1. The predicted molar refractivity (Wildman–Crippen MR) is 103 cm³/mol. The van der Waals surface area contributed by atoms with Crippen LogP contribution < -0.4 is 5.32 Å². The van der Waals surface area contributed by atoms with Gasteiger partial charge in [-0.15, -0.1) is 0 Å². The third-order valence-corrected chi connectivity index (χ3v) is 4.20. The number of esters is 1. The SMILES string of the molecule is CCC[C@H](NC(=O)COC(=O)CCC(=O)c1ccc(F)cc1)c1ccccc1. The van der Waals surface area contributed by atoms with Crippen molar-refractivity contribution in [3.63, 3.8) is 0 Å². The van der Waals surface area contributed by atoms with Gasteiger partial charge in [0, 0.05) is 12.0 Å². The number of hydrogen-bond acceptors (Lipinski definition) is 4.